The molecule has 1 aliphatic heterocycles. The quantitative estimate of drug-likeness (QED) is 0.890. The van der Waals surface area contributed by atoms with Crippen molar-refractivity contribution < 1.29 is 14.2 Å². The Labute approximate surface area is 114 Å². The van der Waals surface area contributed by atoms with Gasteiger partial charge in [0.1, 0.15) is 0 Å². The van der Waals surface area contributed by atoms with Crippen molar-refractivity contribution in [2.45, 2.75) is 38.8 Å². The summed E-state index contributed by atoms with van der Waals surface area (Å²) in [4.78, 5) is 2.29. The van der Waals surface area contributed by atoms with Crippen LogP contribution in [0.4, 0.5) is 4.39 Å². The molecule has 0 saturated carbocycles. The van der Waals surface area contributed by atoms with Gasteiger partial charge in [-0.3, -0.25) is 4.90 Å². The molecule has 3 nitrogen and oxygen atoms in total. The first-order chi connectivity index (χ1) is 9.19. The van der Waals surface area contributed by atoms with Crippen LogP contribution in [0.3, 0.4) is 0 Å². The zero-order valence-corrected chi connectivity index (χ0v) is 11.4. The van der Waals surface area contributed by atoms with Crippen molar-refractivity contribution in [3.8, 4) is 5.75 Å². The highest BCUT2D eigenvalue weighted by Crippen LogP contribution is 2.20. The molecule has 19 heavy (non-hydrogen) atoms. The second-order valence-corrected chi connectivity index (χ2v) is 5.16. The highest BCUT2D eigenvalue weighted by Gasteiger charge is 2.20. The van der Waals surface area contributed by atoms with Crippen molar-refractivity contribution in [3.05, 3.63) is 29.6 Å². The van der Waals surface area contributed by atoms with Gasteiger partial charge < -0.3 is 9.84 Å². The van der Waals surface area contributed by atoms with Crippen molar-refractivity contribution in [1.29, 1.82) is 0 Å². The molecule has 0 spiro atoms. The van der Waals surface area contributed by atoms with Crippen LogP contribution in [0.1, 0.15) is 31.7 Å². The Balaban J connectivity index is 1.89. The molecule has 1 aromatic carbocycles. The van der Waals surface area contributed by atoms with Gasteiger partial charge in [0.25, 0.3) is 0 Å². The van der Waals surface area contributed by atoms with E-state index in [1.54, 1.807) is 6.07 Å². The smallest absolute Gasteiger partial charge is 0.165 e. The van der Waals surface area contributed by atoms with Gasteiger partial charge in [-0.05, 0) is 43.5 Å². The zero-order chi connectivity index (χ0) is 13.7. The number of phenolic OH excluding ortho intramolecular Hbond substituents is 1. The number of benzene rings is 1. The second-order valence-electron chi connectivity index (χ2n) is 5.16. The fourth-order valence-corrected chi connectivity index (χ4v) is 2.48. The summed E-state index contributed by atoms with van der Waals surface area (Å²) >= 11 is 0. The van der Waals surface area contributed by atoms with Crippen molar-refractivity contribution in [1.82, 2.24) is 4.90 Å². The van der Waals surface area contributed by atoms with Crippen LogP contribution in [-0.4, -0.2) is 35.8 Å². The van der Waals surface area contributed by atoms with Crippen LogP contribution in [0.5, 0.6) is 5.75 Å². The van der Waals surface area contributed by atoms with Crippen LogP contribution >= 0.6 is 0 Å². The van der Waals surface area contributed by atoms with E-state index in [4.69, 9.17) is 4.74 Å². The van der Waals surface area contributed by atoms with Gasteiger partial charge in [0.15, 0.2) is 11.6 Å². The lowest BCUT2D eigenvalue weighted by atomic mass is 10.1. The summed E-state index contributed by atoms with van der Waals surface area (Å²) in [7, 11) is 0. The molecule has 1 saturated heterocycles. The molecule has 0 aromatic heterocycles. The molecule has 1 N–H and O–H groups in total. The van der Waals surface area contributed by atoms with Crippen LogP contribution in [0, 0.1) is 5.82 Å². The summed E-state index contributed by atoms with van der Waals surface area (Å²) in [5.74, 6) is -0.833. The van der Waals surface area contributed by atoms with E-state index >= 15 is 0 Å². The van der Waals surface area contributed by atoms with E-state index in [2.05, 4.69) is 11.8 Å². The monoisotopic (exact) mass is 267 g/mol. The summed E-state index contributed by atoms with van der Waals surface area (Å²) in [5.41, 5.74) is 0.895. The Morgan fingerprint density at radius 2 is 2.32 bits per heavy atom. The van der Waals surface area contributed by atoms with Crippen molar-refractivity contribution >= 4 is 0 Å². The number of phenols is 1. The number of ether oxygens (including phenoxy) is 1. The van der Waals surface area contributed by atoms with E-state index in [9.17, 15) is 9.50 Å². The molecular formula is C15H22FNO2. The average molecular weight is 267 g/mol. The van der Waals surface area contributed by atoms with Gasteiger partial charge >= 0.3 is 0 Å². The zero-order valence-electron chi connectivity index (χ0n) is 11.4. The first-order valence-corrected chi connectivity index (χ1v) is 7.00. The Hall–Kier alpha value is -1.13. The third kappa shape index (κ3) is 4.18. The SMILES string of the molecule is CCCOC1CCCN(Cc2ccc(O)c(F)c2)C1. The molecular weight excluding hydrogens is 245 g/mol. The summed E-state index contributed by atoms with van der Waals surface area (Å²) in [5, 5.41) is 9.18. The van der Waals surface area contributed by atoms with Crippen molar-refractivity contribution in [3.63, 3.8) is 0 Å². The molecule has 1 unspecified atom stereocenters. The highest BCUT2D eigenvalue weighted by molar-refractivity contribution is 5.27. The van der Waals surface area contributed by atoms with Gasteiger partial charge in [-0.15, -0.1) is 0 Å². The van der Waals surface area contributed by atoms with Gasteiger partial charge in [-0.25, -0.2) is 4.39 Å². The Morgan fingerprint density at radius 3 is 3.05 bits per heavy atom. The van der Waals surface area contributed by atoms with Crippen LogP contribution < -0.4 is 0 Å². The molecule has 1 aromatic rings. The fraction of sp³-hybridized carbons (Fsp3) is 0.600. The van der Waals surface area contributed by atoms with E-state index in [1.807, 2.05) is 0 Å². The highest BCUT2D eigenvalue weighted by atomic mass is 19.1. The molecule has 1 aliphatic rings. The number of nitrogens with zero attached hydrogens (tertiary/aromatic N) is 1. The molecule has 106 valence electrons. The first-order valence-electron chi connectivity index (χ1n) is 7.00. The maximum absolute atomic E-state index is 13.3. The minimum Gasteiger partial charge on any atom is -0.505 e. The number of aromatic hydroxyl groups is 1. The van der Waals surface area contributed by atoms with Gasteiger partial charge in [-0.1, -0.05) is 13.0 Å². The second kappa shape index (κ2) is 6.87. The molecule has 4 heteroatoms. The molecule has 0 aliphatic carbocycles. The molecule has 1 atom stereocenters. The van der Waals surface area contributed by atoms with Crippen LogP contribution in [0.15, 0.2) is 18.2 Å². The fourth-order valence-electron chi connectivity index (χ4n) is 2.48. The Morgan fingerprint density at radius 1 is 1.47 bits per heavy atom. The maximum atomic E-state index is 13.3. The number of hydrogen-bond acceptors (Lipinski definition) is 3. The Kier molecular flexibility index (Phi) is 5.16. The first kappa shape index (κ1) is 14.3. The maximum Gasteiger partial charge on any atom is 0.165 e. The topological polar surface area (TPSA) is 32.7 Å². The molecule has 2 rings (SSSR count). The Bertz CT molecular complexity index is 411. The lowest BCUT2D eigenvalue weighted by molar-refractivity contribution is -0.00224. The molecule has 1 heterocycles. The summed E-state index contributed by atoms with van der Waals surface area (Å²) < 4.78 is 19.1. The largest absolute Gasteiger partial charge is 0.505 e. The van der Waals surface area contributed by atoms with Gasteiger partial charge in [-0.2, -0.15) is 0 Å². The van der Waals surface area contributed by atoms with E-state index in [0.29, 0.717) is 12.6 Å². The van der Waals surface area contributed by atoms with E-state index < -0.39 is 5.82 Å². The normalized spacial score (nSPS) is 20.6. The van der Waals surface area contributed by atoms with Crippen LogP contribution in [0.2, 0.25) is 0 Å². The van der Waals surface area contributed by atoms with Gasteiger partial charge in [0, 0.05) is 19.7 Å². The van der Waals surface area contributed by atoms with Gasteiger partial charge in [0.2, 0.25) is 0 Å². The predicted octanol–water partition coefficient (Wildman–Crippen LogP) is 2.92. The predicted molar refractivity (Wildman–Crippen MR) is 72.6 cm³/mol. The average Bonchev–Trinajstić information content (AvgIpc) is 2.41. The van der Waals surface area contributed by atoms with Crippen LogP contribution in [0.25, 0.3) is 0 Å². The molecule has 0 bridgehead atoms. The number of piperidine rings is 1. The summed E-state index contributed by atoms with van der Waals surface area (Å²) in [6.07, 6.45) is 3.57. The van der Waals surface area contributed by atoms with Crippen molar-refractivity contribution in [2.75, 3.05) is 19.7 Å². The number of hydrogen-bond donors (Lipinski definition) is 1. The van der Waals surface area contributed by atoms with Crippen molar-refractivity contribution in [2.24, 2.45) is 0 Å². The van der Waals surface area contributed by atoms with E-state index in [1.165, 1.54) is 12.1 Å². The summed E-state index contributed by atoms with van der Waals surface area (Å²) in [6.45, 7) is 5.56. The number of halogens is 1. The molecule has 0 radical (unpaired) electrons. The third-order valence-corrected chi connectivity index (χ3v) is 3.44. The summed E-state index contributed by atoms with van der Waals surface area (Å²) in [6, 6.07) is 4.60. The minimum atomic E-state index is -0.548. The minimum absolute atomic E-state index is 0.286. The number of rotatable bonds is 5. The number of likely N-dealkylation sites (tertiary alicyclic amines) is 1. The van der Waals surface area contributed by atoms with E-state index in [-0.39, 0.29) is 5.75 Å². The lowest BCUT2D eigenvalue weighted by Crippen LogP contribution is -2.39. The lowest BCUT2D eigenvalue weighted by Gasteiger charge is -2.32. The standard InChI is InChI=1S/C15H22FNO2/c1-2-8-19-13-4-3-7-17(11-13)10-12-5-6-15(18)14(16)9-12/h5-6,9,13,18H,2-4,7-8,10-11H2,1H3. The van der Waals surface area contributed by atoms with Crippen LogP contribution in [-0.2, 0) is 11.3 Å². The van der Waals surface area contributed by atoms with E-state index in [0.717, 1.165) is 44.5 Å². The third-order valence-electron chi connectivity index (χ3n) is 3.44. The van der Waals surface area contributed by atoms with Gasteiger partial charge in [0.05, 0.1) is 6.10 Å². The molecule has 1 fully saturated rings. The molecule has 0 amide bonds.